The fourth-order valence-corrected chi connectivity index (χ4v) is 2.04. The van der Waals surface area contributed by atoms with Crippen molar-refractivity contribution in [1.82, 2.24) is 10.2 Å². The molecule has 19 heavy (non-hydrogen) atoms. The van der Waals surface area contributed by atoms with Crippen LogP contribution in [0.25, 0.3) is 0 Å². The number of benzene rings is 1. The van der Waals surface area contributed by atoms with Crippen LogP contribution in [-0.2, 0) is 11.2 Å². The number of hydrogen-bond acceptors (Lipinski definition) is 5. The van der Waals surface area contributed by atoms with Crippen molar-refractivity contribution in [2.75, 3.05) is 5.32 Å². The molecule has 0 aliphatic rings. The number of carboxylic acid groups (broad SMARTS) is 1. The van der Waals surface area contributed by atoms with Crippen molar-refractivity contribution in [2.45, 2.75) is 6.42 Å². The van der Waals surface area contributed by atoms with Crippen LogP contribution < -0.4 is 5.32 Å². The molecular formula is C11H8FN3O3S. The van der Waals surface area contributed by atoms with E-state index in [4.69, 9.17) is 5.11 Å². The zero-order valence-electron chi connectivity index (χ0n) is 9.46. The summed E-state index contributed by atoms with van der Waals surface area (Å²) >= 11 is 0.933. The maximum Gasteiger partial charge on any atom is 0.310 e. The number of carbonyl (C=O) groups is 2. The van der Waals surface area contributed by atoms with Gasteiger partial charge in [-0.15, -0.1) is 10.2 Å². The van der Waals surface area contributed by atoms with Gasteiger partial charge in [-0.2, -0.15) is 0 Å². The first-order valence-electron chi connectivity index (χ1n) is 5.16. The highest BCUT2D eigenvalue weighted by Crippen LogP contribution is 2.17. The highest BCUT2D eigenvalue weighted by molar-refractivity contribution is 7.15. The van der Waals surface area contributed by atoms with Gasteiger partial charge in [-0.25, -0.2) is 4.39 Å². The quantitative estimate of drug-likeness (QED) is 0.887. The summed E-state index contributed by atoms with van der Waals surface area (Å²) in [5.41, 5.74) is -0.113. The van der Waals surface area contributed by atoms with Crippen LogP contribution in [-0.4, -0.2) is 27.2 Å². The van der Waals surface area contributed by atoms with E-state index in [0.717, 1.165) is 11.3 Å². The normalized spacial score (nSPS) is 10.2. The monoisotopic (exact) mass is 281 g/mol. The Labute approximate surface area is 110 Å². The van der Waals surface area contributed by atoms with Gasteiger partial charge in [0.25, 0.3) is 5.91 Å². The fraction of sp³-hybridized carbons (Fsp3) is 0.0909. The summed E-state index contributed by atoms with van der Waals surface area (Å²) in [6.07, 6.45) is -0.271. The first-order valence-corrected chi connectivity index (χ1v) is 5.98. The van der Waals surface area contributed by atoms with Gasteiger partial charge in [0.1, 0.15) is 10.8 Å². The van der Waals surface area contributed by atoms with Gasteiger partial charge in [0.15, 0.2) is 0 Å². The van der Waals surface area contributed by atoms with E-state index in [1.54, 1.807) is 0 Å². The fourth-order valence-electron chi connectivity index (χ4n) is 1.31. The van der Waals surface area contributed by atoms with Gasteiger partial charge >= 0.3 is 5.97 Å². The van der Waals surface area contributed by atoms with Crippen LogP contribution in [0.3, 0.4) is 0 Å². The van der Waals surface area contributed by atoms with Crippen molar-refractivity contribution in [2.24, 2.45) is 0 Å². The van der Waals surface area contributed by atoms with Crippen LogP contribution in [0.4, 0.5) is 9.52 Å². The number of aliphatic carboxylic acids is 1. The van der Waals surface area contributed by atoms with E-state index >= 15 is 0 Å². The highest BCUT2D eigenvalue weighted by Gasteiger charge is 2.14. The Morgan fingerprint density at radius 2 is 2.05 bits per heavy atom. The third-order valence-corrected chi connectivity index (χ3v) is 2.95. The molecule has 0 aliphatic heterocycles. The molecule has 1 heterocycles. The number of carbonyl (C=O) groups excluding carboxylic acids is 1. The Bertz CT molecular complexity index is 629. The molecule has 1 amide bonds. The van der Waals surface area contributed by atoms with Crippen molar-refractivity contribution in [3.05, 3.63) is 40.7 Å². The van der Waals surface area contributed by atoms with E-state index in [1.165, 1.54) is 24.3 Å². The molecule has 0 atom stereocenters. The van der Waals surface area contributed by atoms with E-state index in [9.17, 15) is 14.0 Å². The summed E-state index contributed by atoms with van der Waals surface area (Å²) in [6, 6.07) is 5.52. The Hall–Kier alpha value is -2.35. The number of carboxylic acids is 1. The molecule has 0 saturated carbocycles. The summed E-state index contributed by atoms with van der Waals surface area (Å²) in [6.45, 7) is 0. The Kier molecular flexibility index (Phi) is 3.81. The Morgan fingerprint density at radius 3 is 2.74 bits per heavy atom. The summed E-state index contributed by atoms with van der Waals surface area (Å²) in [5, 5.41) is 18.5. The third kappa shape index (κ3) is 3.32. The molecule has 2 rings (SSSR count). The number of nitrogens with zero attached hydrogens (tertiary/aromatic N) is 2. The molecule has 6 nitrogen and oxygen atoms in total. The lowest BCUT2D eigenvalue weighted by Gasteiger charge is -2.01. The molecule has 1 aromatic carbocycles. The maximum absolute atomic E-state index is 13.3. The molecule has 0 aliphatic carbocycles. The first kappa shape index (κ1) is 13.1. The van der Waals surface area contributed by atoms with Gasteiger partial charge in [0.2, 0.25) is 5.13 Å². The molecule has 0 spiro atoms. The zero-order valence-corrected chi connectivity index (χ0v) is 10.3. The van der Waals surface area contributed by atoms with E-state index < -0.39 is 17.7 Å². The lowest BCUT2D eigenvalue weighted by atomic mass is 10.2. The summed E-state index contributed by atoms with van der Waals surface area (Å²) in [4.78, 5) is 22.2. The number of amides is 1. The first-order chi connectivity index (χ1) is 9.06. The average molecular weight is 281 g/mol. The van der Waals surface area contributed by atoms with Crippen LogP contribution in [0.5, 0.6) is 0 Å². The van der Waals surface area contributed by atoms with Crippen LogP contribution in [0.15, 0.2) is 24.3 Å². The van der Waals surface area contributed by atoms with Gasteiger partial charge in [-0.3, -0.25) is 14.9 Å². The second kappa shape index (κ2) is 5.53. The minimum Gasteiger partial charge on any atom is -0.481 e. The largest absolute Gasteiger partial charge is 0.481 e. The van der Waals surface area contributed by atoms with Crippen LogP contribution in [0.2, 0.25) is 0 Å². The van der Waals surface area contributed by atoms with E-state index in [1.807, 2.05) is 0 Å². The molecule has 2 aromatic rings. The molecule has 0 radical (unpaired) electrons. The van der Waals surface area contributed by atoms with Gasteiger partial charge in [0.05, 0.1) is 12.0 Å². The molecule has 98 valence electrons. The van der Waals surface area contributed by atoms with Gasteiger partial charge in [-0.1, -0.05) is 23.5 Å². The summed E-state index contributed by atoms with van der Waals surface area (Å²) < 4.78 is 13.3. The topological polar surface area (TPSA) is 92.2 Å². The Morgan fingerprint density at radius 1 is 1.32 bits per heavy atom. The number of anilines is 1. The zero-order chi connectivity index (χ0) is 13.8. The molecule has 0 unspecified atom stereocenters. The molecule has 8 heteroatoms. The van der Waals surface area contributed by atoms with E-state index in [-0.39, 0.29) is 22.1 Å². The SMILES string of the molecule is O=C(O)Cc1nnc(NC(=O)c2ccccc2F)s1. The molecule has 0 fully saturated rings. The van der Waals surface area contributed by atoms with Crippen molar-refractivity contribution < 1.29 is 19.1 Å². The van der Waals surface area contributed by atoms with Crippen LogP contribution >= 0.6 is 11.3 Å². The number of halogens is 1. The Balaban J connectivity index is 2.09. The summed E-state index contributed by atoms with van der Waals surface area (Å²) in [7, 11) is 0. The molecule has 0 saturated heterocycles. The van der Waals surface area contributed by atoms with Gasteiger partial charge in [0, 0.05) is 0 Å². The van der Waals surface area contributed by atoms with Crippen molar-refractivity contribution in [3.63, 3.8) is 0 Å². The minimum absolute atomic E-state index is 0.113. The highest BCUT2D eigenvalue weighted by atomic mass is 32.1. The van der Waals surface area contributed by atoms with Crippen LogP contribution in [0, 0.1) is 5.82 Å². The van der Waals surface area contributed by atoms with Crippen molar-refractivity contribution in [1.29, 1.82) is 0 Å². The average Bonchev–Trinajstić information content (AvgIpc) is 2.76. The third-order valence-electron chi connectivity index (χ3n) is 2.11. The smallest absolute Gasteiger partial charge is 0.310 e. The van der Waals surface area contributed by atoms with E-state index in [0.29, 0.717) is 0 Å². The van der Waals surface area contributed by atoms with Crippen LogP contribution in [0.1, 0.15) is 15.4 Å². The minimum atomic E-state index is -1.04. The number of hydrogen-bond donors (Lipinski definition) is 2. The van der Waals surface area contributed by atoms with Crippen molar-refractivity contribution >= 4 is 28.3 Å². The summed E-state index contributed by atoms with van der Waals surface area (Å²) in [5.74, 6) is -2.34. The van der Waals surface area contributed by atoms with E-state index in [2.05, 4.69) is 15.5 Å². The molecular weight excluding hydrogens is 273 g/mol. The predicted molar refractivity (Wildman–Crippen MR) is 65.6 cm³/mol. The predicted octanol–water partition coefficient (Wildman–Crippen LogP) is 1.56. The number of nitrogens with one attached hydrogen (secondary N) is 1. The number of aromatic nitrogens is 2. The lowest BCUT2D eigenvalue weighted by Crippen LogP contribution is -2.13. The molecule has 0 bridgehead atoms. The van der Waals surface area contributed by atoms with Gasteiger partial charge in [-0.05, 0) is 12.1 Å². The lowest BCUT2D eigenvalue weighted by molar-refractivity contribution is -0.136. The standard InChI is InChI=1S/C11H8FN3O3S/c12-7-4-2-1-3-6(7)10(18)13-11-15-14-8(19-11)5-9(16)17/h1-4H,5H2,(H,16,17)(H,13,15,18). The molecule has 2 N–H and O–H groups in total. The van der Waals surface area contributed by atoms with Gasteiger partial charge < -0.3 is 5.11 Å². The number of rotatable bonds is 4. The second-order valence-electron chi connectivity index (χ2n) is 3.51. The maximum atomic E-state index is 13.3. The van der Waals surface area contributed by atoms with Crippen molar-refractivity contribution in [3.8, 4) is 0 Å². The molecule has 1 aromatic heterocycles. The second-order valence-corrected chi connectivity index (χ2v) is 4.57.